The fourth-order valence-corrected chi connectivity index (χ4v) is 2.82. The fraction of sp³-hybridized carbons (Fsp3) is 0.250. The number of rotatable bonds is 8. The molecule has 0 saturated carbocycles. The summed E-state index contributed by atoms with van der Waals surface area (Å²) in [6.45, 7) is -0.632. The molecule has 7 nitrogen and oxygen atoms in total. The number of carbonyl (C=O) groups excluding carboxylic acids is 1. The topological polar surface area (TPSA) is 124 Å². The van der Waals surface area contributed by atoms with Crippen LogP contribution in [0.1, 0.15) is 12.0 Å². The van der Waals surface area contributed by atoms with E-state index in [0.29, 0.717) is 5.56 Å². The summed E-state index contributed by atoms with van der Waals surface area (Å²) in [6.07, 6.45) is 0.0444. The molecule has 4 N–H and O–H groups in total. The van der Waals surface area contributed by atoms with Crippen LogP contribution in [0.5, 0.6) is 0 Å². The van der Waals surface area contributed by atoms with Crippen LogP contribution < -0.4 is 5.32 Å². The van der Waals surface area contributed by atoms with Crippen molar-refractivity contribution in [1.82, 2.24) is 5.32 Å². The van der Waals surface area contributed by atoms with Gasteiger partial charge in [0.05, 0.1) is 12.5 Å². The molecule has 0 bridgehead atoms. The third-order valence-corrected chi connectivity index (χ3v) is 4.26. The van der Waals surface area contributed by atoms with Gasteiger partial charge in [-0.3, -0.25) is 9.59 Å². The summed E-state index contributed by atoms with van der Waals surface area (Å²) in [6, 6.07) is 12.3. The summed E-state index contributed by atoms with van der Waals surface area (Å²) in [7, 11) is 0. The normalized spacial score (nSPS) is 12.8. The molecular weight excluding hydrogens is 369 g/mol. The molecule has 2 rings (SSSR count). The first-order chi connectivity index (χ1) is 13.3. The van der Waals surface area contributed by atoms with Crippen LogP contribution in [0.15, 0.2) is 48.5 Å². The van der Waals surface area contributed by atoms with Gasteiger partial charge in [-0.1, -0.05) is 36.4 Å². The highest BCUT2D eigenvalue weighted by Crippen LogP contribution is 2.21. The number of carboxylic acid groups (broad SMARTS) is 2. The first-order valence-electron chi connectivity index (χ1n) is 8.52. The van der Waals surface area contributed by atoms with Gasteiger partial charge in [-0.15, -0.1) is 0 Å². The second kappa shape index (κ2) is 9.61. The Kier molecular flexibility index (Phi) is 7.22. The van der Waals surface area contributed by atoms with Gasteiger partial charge in [0.25, 0.3) is 0 Å². The van der Waals surface area contributed by atoms with E-state index >= 15 is 0 Å². The van der Waals surface area contributed by atoms with E-state index in [0.717, 1.165) is 11.1 Å². The van der Waals surface area contributed by atoms with Gasteiger partial charge in [0.2, 0.25) is 0 Å². The number of aliphatic hydroxyl groups is 1. The zero-order chi connectivity index (χ0) is 20.7. The van der Waals surface area contributed by atoms with Crippen LogP contribution in [0.3, 0.4) is 0 Å². The highest BCUT2D eigenvalue weighted by Gasteiger charge is 2.25. The molecule has 0 saturated heterocycles. The minimum Gasteiger partial charge on any atom is -0.481 e. The molecular formula is C20H20FNO6. The van der Waals surface area contributed by atoms with Crippen LogP contribution in [-0.2, 0) is 20.8 Å². The monoisotopic (exact) mass is 389 g/mol. The predicted molar refractivity (Wildman–Crippen MR) is 97.9 cm³/mol. The van der Waals surface area contributed by atoms with E-state index in [1.807, 2.05) is 0 Å². The largest absolute Gasteiger partial charge is 0.481 e. The van der Waals surface area contributed by atoms with E-state index in [1.165, 1.54) is 12.1 Å². The predicted octanol–water partition coefficient (Wildman–Crippen LogP) is 1.69. The van der Waals surface area contributed by atoms with Crippen molar-refractivity contribution >= 4 is 17.8 Å². The molecule has 148 valence electrons. The smallest absolute Gasteiger partial charge is 0.394 e. The summed E-state index contributed by atoms with van der Waals surface area (Å²) in [5.74, 6) is -5.66. The van der Waals surface area contributed by atoms with Gasteiger partial charge in [0.15, 0.2) is 0 Å². The third-order valence-electron chi connectivity index (χ3n) is 4.26. The number of nitrogens with one attached hydrogen (secondary N) is 1. The van der Waals surface area contributed by atoms with Crippen LogP contribution in [0.25, 0.3) is 11.1 Å². The van der Waals surface area contributed by atoms with Crippen molar-refractivity contribution in [2.24, 2.45) is 5.92 Å². The minimum atomic E-state index is -1.68. The zero-order valence-electron chi connectivity index (χ0n) is 14.8. The second-order valence-corrected chi connectivity index (χ2v) is 6.34. The molecule has 0 unspecified atom stereocenters. The molecule has 8 heteroatoms. The lowest BCUT2D eigenvalue weighted by atomic mass is 9.94. The Hall–Kier alpha value is -3.26. The number of carboxylic acids is 2. The van der Waals surface area contributed by atoms with Crippen LogP contribution >= 0.6 is 0 Å². The van der Waals surface area contributed by atoms with E-state index in [-0.39, 0.29) is 18.7 Å². The maximum Gasteiger partial charge on any atom is 0.394 e. The minimum absolute atomic E-state index is 0.128. The molecule has 0 aliphatic carbocycles. The maximum absolute atomic E-state index is 13.4. The van der Waals surface area contributed by atoms with E-state index in [4.69, 9.17) is 10.2 Å². The first kappa shape index (κ1) is 21.0. The zero-order valence-corrected chi connectivity index (χ0v) is 14.8. The lowest BCUT2D eigenvalue weighted by Gasteiger charge is -2.21. The number of halogens is 1. The van der Waals surface area contributed by atoms with Crippen molar-refractivity contribution in [3.8, 4) is 11.1 Å². The van der Waals surface area contributed by atoms with Crippen molar-refractivity contribution < 1.29 is 34.1 Å². The van der Waals surface area contributed by atoms with Gasteiger partial charge in [-0.25, -0.2) is 9.18 Å². The van der Waals surface area contributed by atoms with E-state index < -0.39 is 36.4 Å². The van der Waals surface area contributed by atoms with Gasteiger partial charge in [0, 0.05) is 6.04 Å². The number of amides is 1. The van der Waals surface area contributed by atoms with Crippen molar-refractivity contribution in [3.63, 3.8) is 0 Å². The molecule has 0 heterocycles. The number of benzene rings is 2. The highest BCUT2D eigenvalue weighted by molar-refractivity contribution is 6.31. The Bertz CT molecular complexity index is 852. The average Bonchev–Trinajstić information content (AvgIpc) is 2.66. The lowest BCUT2D eigenvalue weighted by molar-refractivity contribution is -0.150. The number of carbonyl (C=O) groups is 3. The van der Waals surface area contributed by atoms with E-state index in [2.05, 4.69) is 5.32 Å². The molecule has 1 amide bonds. The van der Waals surface area contributed by atoms with Crippen molar-refractivity contribution in [2.45, 2.75) is 18.9 Å². The van der Waals surface area contributed by atoms with E-state index in [9.17, 15) is 23.9 Å². The van der Waals surface area contributed by atoms with Crippen LogP contribution in [-0.4, -0.2) is 45.8 Å². The van der Waals surface area contributed by atoms with Crippen LogP contribution in [0.4, 0.5) is 4.39 Å². The summed E-state index contributed by atoms with van der Waals surface area (Å²) < 4.78 is 13.4. The molecule has 2 atom stereocenters. The van der Waals surface area contributed by atoms with Gasteiger partial charge < -0.3 is 20.6 Å². The second-order valence-electron chi connectivity index (χ2n) is 6.34. The van der Waals surface area contributed by atoms with Crippen molar-refractivity contribution in [3.05, 3.63) is 59.9 Å². The number of hydrogen-bond donors (Lipinski definition) is 4. The summed E-state index contributed by atoms with van der Waals surface area (Å²) >= 11 is 0. The summed E-state index contributed by atoms with van der Waals surface area (Å²) in [5.41, 5.74) is 2.18. The summed E-state index contributed by atoms with van der Waals surface area (Å²) in [4.78, 5) is 33.4. The molecule has 2 aromatic carbocycles. The van der Waals surface area contributed by atoms with Gasteiger partial charge in [-0.05, 0) is 41.7 Å². The Labute approximate surface area is 160 Å². The number of hydrogen-bond acceptors (Lipinski definition) is 4. The Morgan fingerprint density at radius 3 is 2.21 bits per heavy atom. The van der Waals surface area contributed by atoms with Gasteiger partial charge in [-0.2, -0.15) is 0 Å². The fourth-order valence-electron chi connectivity index (χ4n) is 2.82. The molecule has 0 fully saturated rings. The van der Waals surface area contributed by atoms with Crippen molar-refractivity contribution in [2.75, 3.05) is 6.61 Å². The maximum atomic E-state index is 13.4. The highest BCUT2D eigenvalue weighted by atomic mass is 19.1. The van der Waals surface area contributed by atoms with Crippen LogP contribution in [0, 0.1) is 11.7 Å². The Balaban J connectivity index is 2.16. The molecule has 2 aromatic rings. The molecule has 0 aliphatic heterocycles. The first-order valence-corrected chi connectivity index (χ1v) is 8.52. The average molecular weight is 389 g/mol. The summed E-state index contributed by atoms with van der Waals surface area (Å²) in [5, 5.41) is 29.3. The molecule has 0 aliphatic rings. The van der Waals surface area contributed by atoms with Gasteiger partial charge >= 0.3 is 17.8 Å². The quantitative estimate of drug-likeness (QED) is 0.510. The molecule has 28 heavy (non-hydrogen) atoms. The lowest BCUT2D eigenvalue weighted by Crippen LogP contribution is -2.42. The Morgan fingerprint density at radius 1 is 1.00 bits per heavy atom. The standard InChI is InChI=1S/C20H20FNO6/c21-16-3-1-2-14(9-16)13-6-4-12(5-7-13)8-17(22-18(24)20(27)28)10-15(11-23)19(25)26/h1-7,9,15,17,23H,8,10-11H2,(H,22,24)(H,25,26)(H,27,28)/t15-,17+/m0/s1. The van der Waals surface area contributed by atoms with Crippen LogP contribution in [0.2, 0.25) is 0 Å². The SMILES string of the molecule is O=C(O)C(=O)N[C@H](Cc1ccc(-c2cccc(F)c2)cc1)C[C@@H](CO)C(=O)O. The Morgan fingerprint density at radius 2 is 1.68 bits per heavy atom. The molecule has 0 radical (unpaired) electrons. The van der Waals surface area contributed by atoms with Gasteiger partial charge in [0.1, 0.15) is 5.82 Å². The number of aliphatic hydroxyl groups excluding tert-OH is 1. The van der Waals surface area contributed by atoms with E-state index in [1.54, 1.807) is 36.4 Å². The van der Waals surface area contributed by atoms with Crippen molar-refractivity contribution in [1.29, 1.82) is 0 Å². The number of aliphatic carboxylic acids is 2. The molecule has 0 spiro atoms. The molecule has 0 aromatic heterocycles. The third kappa shape index (κ3) is 5.88.